The van der Waals surface area contributed by atoms with Crippen LogP contribution in [0.25, 0.3) is 0 Å². The summed E-state index contributed by atoms with van der Waals surface area (Å²) in [5.41, 5.74) is 1.18. The quantitative estimate of drug-likeness (QED) is 0.547. The van der Waals surface area contributed by atoms with Gasteiger partial charge >= 0.3 is 6.18 Å². The number of nitrogens with one attached hydrogen (secondary N) is 3. The number of nitrogens with zero attached hydrogens (tertiary/aromatic N) is 6. The summed E-state index contributed by atoms with van der Waals surface area (Å²) in [6, 6.07) is 6.08. The molecule has 0 unspecified atom stereocenters. The van der Waals surface area contributed by atoms with E-state index >= 15 is 0 Å². The lowest BCUT2D eigenvalue weighted by molar-refractivity contribution is -0.145. The molecule has 0 saturated heterocycles. The molecular formula is C17H14F3N9O2. The van der Waals surface area contributed by atoms with Gasteiger partial charge in [-0.15, -0.1) is 10.2 Å². The van der Waals surface area contributed by atoms with E-state index in [1.165, 1.54) is 25.2 Å². The van der Waals surface area contributed by atoms with Crippen LogP contribution in [-0.4, -0.2) is 49.3 Å². The number of tetrazole rings is 1. The summed E-state index contributed by atoms with van der Waals surface area (Å²) in [5.74, 6) is -2.57. The number of anilines is 1. The number of nitriles is 1. The van der Waals surface area contributed by atoms with E-state index in [4.69, 9.17) is 5.26 Å². The number of aromatic nitrogens is 6. The van der Waals surface area contributed by atoms with Gasteiger partial charge in [0.15, 0.2) is 5.69 Å². The van der Waals surface area contributed by atoms with Crippen molar-refractivity contribution in [2.75, 3.05) is 12.4 Å². The van der Waals surface area contributed by atoms with Gasteiger partial charge < -0.3 is 10.6 Å². The molecule has 0 fully saturated rings. The Balaban J connectivity index is 1.80. The van der Waals surface area contributed by atoms with Crippen molar-refractivity contribution in [1.82, 2.24) is 35.7 Å². The first-order chi connectivity index (χ1) is 14.6. The van der Waals surface area contributed by atoms with Crippen LogP contribution >= 0.6 is 0 Å². The molecule has 31 heavy (non-hydrogen) atoms. The maximum absolute atomic E-state index is 12.6. The number of rotatable bonds is 5. The zero-order valence-electron chi connectivity index (χ0n) is 16.1. The van der Waals surface area contributed by atoms with Crippen LogP contribution in [0.2, 0.25) is 0 Å². The van der Waals surface area contributed by atoms with Gasteiger partial charge in [-0.3, -0.25) is 14.7 Å². The van der Waals surface area contributed by atoms with Gasteiger partial charge in [-0.1, -0.05) is 0 Å². The highest BCUT2D eigenvalue weighted by Gasteiger charge is 2.36. The van der Waals surface area contributed by atoms with Crippen LogP contribution in [0.4, 0.5) is 18.9 Å². The number of alkyl halides is 3. The van der Waals surface area contributed by atoms with Crippen LogP contribution in [0.15, 0.2) is 18.2 Å². The second-order valence-corrected chi connectivity index (χ2v) is 6.28. The van der Waals surface area contributed by atoms with Crippen molar-refractivity contribution in [2.45, 2.75) is 19.6 Å². The number of hydrogen-bond acceptors (Lipinski definition) is 7. The minimum Gasteiger partial charge on any atom is -0.355 e. The summed E-state index contributed by atoms with van der Waals surface area (Å²) in [5, 5.41) is 29.9. The number of carbonyl (C=O) groups excluding carboxylic acids is 2. The number of aromatic amines is 1. The molecule has 160 valence electrons. The molecule has 0 bridgehead atoms. The van der Waals surface area contributed by atoms with Crippen LogP contribution < -0.4 is 10.6 Å². The monoisotopic (exact) mass is 433 g/mol. The number of amides is 2. The van der Waals surface area contributed by atoms with Gasteiger partial charge in [-0.2, -0.15) is 28.3 Å². The maximum atomic E-state index is 12.6. The average Bonchev–Trinajstić information content (AvgIpc) is 3.38. The van der Waals surface area contributed by atoms with E-state index in [0.29, 0.717) is 10.4 Å². The van der Waals surface area contributed by atoms with E-state index in [-0.39, 0.29) is 34.7 Å². The molecular weight excluding hydrogens is 419 g/mol. The zero-order valence-corrected chi connectivity index (χ0v) is 16.1. The first-order valence-corrected chi connectivity index (χ1v) is 8.60. The third-order valence-corrected chi connectivity index (χ3v) is 4.06. The Labute approximate surface area is 172 Å². The molecule has 0 spiro atoms. The highest BCUT2D eigenvalue weighted by Crippen LogP contribution is 2.25. The Morgan fingerprint density at radius 3 is 2.61 bits per heavy atom. The topological polar surface area (TPSA) is 154 Å². The third-order valence-electron chi connectivity index (χ3n) is 4.06. The lowest BCUT2D eigenvalue weighted by Crippen LogP contribution is -2.22. The molecule has 0 aliphatic heterocycles. The van der Waals surface area contributed by atoms with Crippen molar-refractivity contribution in [3.05, 3.63) is 52.1 Å². The number of benzene rings is 1. The van der Waals surface area contributed by atoms with Crippen LogP contribution in [0, 0.1) is 18.3 Å². The molecule has 2 heterocycles. The van der Waals surface area contributed by atoms with Gasteiger partial charge in [0.05, 0.1) is 28.6 Å². The maximum Gasteiger partial charge on any atom is 0.455 e. The largest absolute Gasteiger partial charge is 0.455 e. The smallest absolute Gasteiger partial charge is 0.355 e. The second kappa shape index (κ2) is 8.22. The Morgan fingerprint density at radius 1 is 1.26 bits per heavy atom. The van der Waals surface area contributed by atoms with Gasteiger partial charge in [0.1, 0.15) is 6.54 Å². The van der Waals surface area contributed by atoms with Crippen molar-refractivity contribution in [1.29, 1.82) is 5.26 Å². The highest BCUT2D eigenvalue weighted by molar-refractivity contribution is 6.09. The summed E-state index contributed by atoms with van der Waals surface area (Å²) >= 11 is 0. The van der Waals surface area contributed by atoms with E-state index in [2.05, 4.69) is 36.2 Å². The van der Waals surface area contributed by atoms with Crippen molar-refractivity contribution >= 4 is 17.5 Å². The summed E-state index contributed by atoms with van der Waals surface area (Å²) in [4.78, 5) is 25.5. The zero-order chi connectivity index (χ0) is 22.8. The fraction of sp³-hybridized carbons (Fsp3) is 0.235. The van der Waals surface area contributed by atoms with Gasteiger partial charge in [-0.25, -0.2) is 0 Å². The van der Waals surface area contributed by atoms with Crippen molar-refractivity contribution in [2.24, 2.45) is 0 Å². The van der Waals surface area contributed by atoms with E-state index < -0.39 is 23.8 Å². The molecule has 0 atom stereocenters. The van der Waals surface area contributed by atoms with E-state index in [9.17, 15) is 22.8 Å². The molecule has 0 aliphatic carbocycles. The number of halogens is 3. The SMILES string of the molecule is CNC(=O)c1cc(C#N)cc(C)c1NC(=O)c1cc(Cn2nnc(C(F)(F)F)n2)[nH]n1. The Morgan fingerprint density at radius 2 is 2.00 bits per heavy atom. The molecule has 0 saturated carbocycles. The predicted molar refractivity (Wildman–Crippen MR) is 97.7 cm³/mol. The van der Waals surface area contributed by atoms with Crippen LogP contribution in [-0.2, 0) is 12.7 Å². The molecule has 11 nitrogen and oxygen atoms in total. The number of aryl methyl sites for hydroxylation is 1. The summed E-state index contributed by atoms with van der Waals surface area (Å²) in [6.45, 7) is 1.39. The minimum absolute atomic E-state index is 0.0854. The molecule has 0 aliphatic rings. The molecule has 3 aromatic rings. The van der Waals surface area contributed by atoms with Crippen LogP contribution in [0.3, 0.4) is 0 Å². The number of carbonyl (C=O) groups is 2. The molecule has 1 aromatic carbocycles. The Kier molecular flexibility index (Phi) is 5.68. The minimum atomic E-state index is -4.72. The molecule has 3 rings (SSSR count). The third kappa shape index (κ3) is 4.66. The van der Waals surface area contributed by atoms with Crippen LogP contribution in [0.1, 0.15) is 43.5 Å². The van der Waals surface area contributed by atoms with Gasteiger partial charge in [0.2, 0.25) is 0 Å². The number of H-pyrrole nitrogens is 1. The van der Waals surface area contributed by atoms with E-state index in [1.54, 1.807) is 6.92 Å². The predicted octanol–water partition coefficient (Wildman–Crippen LogP) is 1.26. The standard InChI is InChI=1S/C17H14F3N9O2/c1-8-3-9(6-21)4-11(14(30)22-2)13(8)23-15(31)12-5-10(24-25-12)7-29-27-16(26-28-29)17(18,19)20/h3-5H,7H2,1-2H3,(H,22,30)(H,23,31)(H,24,25). The van der Waals surface area contributed by atoms with Gasteiger partial charge in [0, 0.05) is 7.05 Å². The van der Waals surface area contributed by atoms with Crippen molar-refractivity contribution in [3.8, 4) is 6.07 Å². The fourth-order valence-corrected chi connectivity index (χ4v) is 2.64. The lowest BCUT2D eigenvalue weighted by atomic mass is 10.0. The Bertz CT molecular complexity index is 1190. The highest BCUT2D eigenvalue weighted by atomic mass is 19.4. The normalized spacial score (nSPS) is 11.1. The lowest BCUT2D eigenvalue weighted by Gasteiger charge is -2.13. The van der Waals surface area contributed by atoms with Crippen molar-refractivity contribution in [3.63, 3.8) is 0 Å². The van der Waals surface area contributed by atoms with Crippen LogP contribution in [0.5, 0.6) is 0 Å². The van der Waals surface area contributed by atoms with Crippen molar-refractivity contribution < 1.29 is 22.8 Å². The Hall–Kier alpha value is -4.28. The summed E-state index contributed by atoms with van der Waals surface area (Å²) in [6.07, 6.45) is -4.72. The molecule has 3 N–H and O–H groups in total. The molecule has 2 amide bonds. The fourth-order valence-electron chi connectivity index (χ4n) is 2.64. The van der Waals surface area contributed by atoms with E-state index in [1.807, 2.05) is 6.07 Å². The second-order valence-electron chi connectivity index (χ2n) is 6.28. The van der Waals surface area contributed by atoms with E-state index in [0.717, 1.165) is 0 Å². The van der Waals surface area contributed by atoms with Gasteiger partial charge in [-0.05, 0) is 35.9 Å². The molecule has 2 aromatic heterocycles. The molecule has 14 heteroatoms. The summed E-state index contributed by atoms with van der Waals surface area (Å²) in [7, 11) is 1.41. The first kappa shape index (κ1) is 21.4. The number of hydrogen-bond donors (Lipinski definition) is 3. The average molecular weight is 433 g/mol. The first-order valence-electron chi connectivity index (χ1n) is 8.60. The van der Waals surface area contributed by atoms with Gasteiger partial charge in [0.25, 0.3) is 17.6 Å². The summed E-state index contributed by atoms with van der Waals surface area (Å²) < 4.78 is 37.7. The molecule has 0 radical (unpaired) electrons.